The van der Waals surface area contributed by atoms with Gasteiger partial charge in [0.15, 0.2) is 0 Å². The molecule has 96 valence electrons. The number of aryl methyl sites for hydroxylation is 1. The molecule has 0 aromatic heterocycles. The van der Waals surface area contributed by atoms with E-state index in [1.54, 1.807) is 6.08 Å². The van der Waals surface area contributed by atoms with Crippen LogP contribution in [-0.2, 0) is 9.53 Å². The number of benzene rings is 1. The normalized spacial score (nSPS) is 17.4. The molecule has 2 rings (SSSR count). The Kier molecular flexibility index (Phi) is 3.82. The third kappa shape index (κ3) is 3.44. The second-order valence-corrected chi connectivity index (χ2v) is 5.27. The first kappa shape index (κ1) is 12.8. The SMILES string of the molecule is Cc1cccc(C=CC(=O)NCC2(C)COC2)c1. The number of carbonyl (C=O) groups excluding carboxylic acids is 1. The molecule has 0 atom stereocenters. The molecule has 3 nitrogen and oxygen atoms in total. The van der Waals surface area contributed by atoms with Crippen molar-refractivity contribution in [2.24, 2.45) is 5.41 Å². The average molecular weight is 245 g/mol. The lowest BCUT2D eigenvalue weighted by Crippen LogP contribution is -2.48. The minimum atomic E-state index is -0.0513. The lowest BCUT2D eigenvalue weighted by molar-refractivity contribution is -0.122. The molecule has 0 aliphatic carbocycles. The molecule has 1 N–H and O–H groups in total. The van der Waals surface area contributed by atoms with E-state index in [1.807, 2.05) is 37.3 Å². The molecule has 1 aliphatic rings. The highest BCUT2D eigenvalue weighted by Gasteiger charge is 2.33. The van der Waals surface area contributed by atoms with Gasteiger partial charge in [-0.15, -0.1) is 0 Å². The molecule has 1 aliphatic heterocycles. The van der Waals surface area contributed by atoms with Gasteiger partial charge in [0.1, 0.15) is 0 Å². The Labute approximate surface area is 108 Å². The molecule has 1 amide bonds. The minimum Gasteiger partial charge on any atom is -0.380 e. The summed E-state index contributed by atoms with van der Waals surface area (Å²) in [6.07, 6.45) is 3.42. The number of amides is 1. The van der Waals surface area contributed by atoms with Crippen LogP contribution >= 0.6 is 0 Å². The summed E-state index contributed by atoms with van der Waals surface area (Å²) in [5.74, 6) is -0.0513. The van der Waals surface area contributed by atoms with E-state index in [0.717, 1.165) is 18.8 Å². The Balaban J connectivity index is 1.83. The lowest BCUT2D eigenvalue weighted by Gasteiger charge is -2.37. The average Bonchev–Trinajstić information content (AvgIpc) is 2.31. The molecular formula is C15H19NO2. The highest BCUT2D eigenvalue weighted by Crippen LogP contribution is 2.24. The van der Waals surface area contributed by atoms with Crippen molar-refractivity contribution in [1.29, 1.82) is 0 Å². The number of carbonyl (C=O) groups is 1. The van der Waals surface area contributed by atoms with Crippen molar-refractivity contribution in [2.75, 3.05) is 19.8 Å². The number of ether oxygens (including phenoxy) is 1. The summed E-state index contributed by atoms with van der Waals surface area (Å²) in [4.78, 5) is 11.6. The topological polar surface area (TPSA) is 38.3 Å². The zero-order valence-electron chi connectivity index (χ0n) is 10.9. The van der Waals surface area contributed by atoms with Gasteiger partial charge in [-0.1, -0.05) is 36.8 Å². The van der Waals surface area contributed by atoms with Crippen molar-refractivity contribution in [3.63, 3.8) is 0 Å². The maximum atomic E-state index is 11.6. The summed E-state index contributed by atoms with van der Waals surface area (Å²) in [5, 5.41) is 2.90. The van der Waals surface area contributed by atoms with E-state index in [2.05, 4.69) is 12.2 Å². The van der Waals surface area contributed by atoms with Crippen LogP contribution in [-0.4, -0.2) is 25.7 Å². The van der Waals surface area contributed by atoms with Crippen molar-refractivity contribution >= 4 is 12.0 Å². The quantitative estimate of drug-likeness (QED) is 0.826. The maximum absolute atomic E-state index is 11.6. The zero-order valence-corrected chi connectivity index (χ0v) is 10.9. The monoisotopic (exact) mass is 245 g/mol. The fraction of sp³-hybridized carbons (Fsp3) is 0.400. The Morgan fingerprint density at radius 3 is 2.89 bits per heavy atom. The van der Waals surface area contributed by atoms with Gasteiger partial charge in [0.2, 0.25) is 5.91 Å². The second kappa shape index (κ2) is 5.36. The first-order valence-corrected chi connectivity index (χ1v) is 6.18. The third-order valence-electron chi connectivity index (χ3n) is 3.06. The van der Waals surface area contributed by atoms with Crippen LogP contribution in [0.3, 0.4) is 0 Å². The maximum Gasteiger partial charge on any atom is 0.244 e. The first-order chi connectivity index (χ1) is 8.57. The fourth-order valence-corrected chi connectivity index (χ4v) is 1.86. The predicted octanol–water partition coefficient (Wildman–Crippen LogP) is 2.16. The molecule has 0 unspecified atom stereocenters. The van der Waals surface area contributed by atoms with E-state index in [4.69, 9.17) is 4.74 Å². The summed E-state index contributed by atoms with van der Waals surface area (Å²) in [6.45, 7) is 6.28. The second-order valence-electron chi connectivity index (χ2n) is 5.27. The summed E-state index contributed by atoms with van der Waals surface area (Å²) in [6, 6.07) is 8.05. The largest absolute Gasteiger partial charge is 0.380 e. The van der Waals surface area contributed by atoms with Crippen LogP contribution in [0, 0.1) is 12.3 Å². The minimum absolute atomic E-state index is 0.0513. The van der Waals surface area contributed by atoms with Gasteiger partial charge in [0.25, 0.3) is 0 Å². The summed E-state index contributed by atoms with van der Waals surface area (Å²) >= 11 is 0. The molecule has 0 saturated carbocycles. The van der Waals surface area contributed by atoms with E-state index in [-0.39, 0.29) is 11.3 Å². The Bertz CT molecular complexity index is 461. The zero-order chi connectivity index (χ0) is 13.0. The number of rotatable bonds is 4. The Hall–Kier alpha value is -1.61. The molecular weight excluding hydrogens is 226 g/mol. The van der Waals surface area contributed by atoms with Crippen molar-refractivity contribution in [3.05, 3.63) is 41.5 Å². The van der Waals surface area contributed by atoms with Crippen molar-refractivity contribution in [2.45, 2.75) is 13.8 Å². The van der Waals surface area contributed by atoms with Crippen LogP contribution in [0.2, 0.25) is 0 Å². The summed E-state index contributed by atoms with van der Waals surface area (Å²) < 4.78 is 5.14. The van der Waals surface area contributed by atoms with Crippen LogP contribution < -0.4 is 5.32 Å². The number of hydrogen-bond donors (Lipinski definition) is 1. The molecule has 0 bridgehead atoms. The van der Waals surface area contributed by atoms with E-state index < -0.39 is 0 Å². The molecule has 0 radical (unpaired) electrons. The van der Waals surface area contributed by atoms with Crippen LogP contribution in [0.15, 0.2) is 30.3 Å². The van der Waals surface area contributed by atoms with Gasteiger partial charge < -0.3 is 10.1 Å². The molecule has 18 heavy (non-hydrogen) atoms. The summed E-state index contributed by atoms with van der Waals surface area (Å²) in [5.41, 5.74) is 2.35. The lowest BCUT2D eigenvalue weighted by atomic mass is 9.89. The molecule has 0 spiro atoms. The highest BCUT2D eigenvalue weighted by molar-refractivity contribution is 5.91. The molecule has 1 heterocycles. The first-order valence-electron chi connectivity index (χ1n) is 6.18. The smallest absolute Gasteiger partial charge is 0.244 e. The van der Waals surface area contributed by atoms with Crippen LogP contribution in [0.25, 0.3) is 6.08 Å². The van der Waals surface area contributed by atoms with Gasteiger partial charge in [-0.05, 0) is 18.6 Å². The van der Waals surface area contributed by atoms with Gasteiger partial charge >= 0.3 is 0 Å². The fourth-order valence-electron chi connectivity index (χ4n) is 1.86. The molecule has 1 aromatic rings. The molecule has 1 aromatic carbocycles. The molecule has 1 fully saturated rings. The predicted molar refractivity (Wildman–Crippen MR) is 72.1 cm³/mol. The van der Waals surface area contributed by atoms with E-state index in [0.29, 0.717) is 6.54 Å². The van der Waals surface area contributed by atoms with Gasteiger partial charge in [-0.3, -0.25) is 4.79 Å². The highest BCUT2D eigenvalue weighted by atomic mass is 16.5. The van der Waals surface area contributed by atoms with Gasteiger partial charge in [0.05, 0.1) is 13.2 Å². The molecule has 3 heteroatoms. The van der Waals surface area contributed by atoms with Crippen molar-refractivity contribution in [1.82, 2.24) is 5.32 Å². The van der Waals surface area contributed by atoms with E-state index in [1.165, 1.54) is 5.56 Å². The van der Waals surface area contributed by atoms with Crippen LogP contribution in [0.4, 0.5) is 0 Å². The number of nitrogens with one attached hydrogen (secondary N) is 1. The third-order valence-corrected chi connectivity index (χ3v) is 3.06. The number of hydrogen-bond acceptors (Lipinski definition) is 2. The van der Waals surface area contributed by atoms with Crippen LogP contribution in [0.5, 0.6) is 0 Å². The van der Waals surface area contributed by atoms with Crippen molar-refractivity contribution < 1.29 is 9.53 Å². The van der Waals surface area contributed by atoms with Gasteiger partial charge in [-0.25, -0.2) is 0 Å². The van der Waals surface area contributed by atoms with E-state index >= 15 is 0 Å². The van der Waals surface area contributed by atoms with Gasteiger partial charge in [0, 0.05) is 18.0 Å². The summed E-state index contributed by atoms with van der Waals surface area (Å²) in [7, 11) is 0. The van der Waals surface area contributed by atoms with Crippen molar-refractivity contribution in [3.8, 4) is 0 Å². The van der Waals surface area contributed by atoms with Crippen LogP contribution in [0.1, 0.15) is 18.1 Å². The van der Waals surface area contributed by atoms with Gasteiger partial charge in [-0.2, -0.15) is 0 Å². The molecule has 1 saturated heterocycles. The van der Waals surface area contributed by atoms with E-state index in [9.17, 15) is 4.79 Å². The Morgan fingerprint density at radius 1 is 1.50 bits per heavy atom. The standard InChI is InChI=1S/C15H19NO2/c1-12-4-3-5-13(8-12)6-7-14(17)16-9-15(2)10-18-11-15/h3-8H,9-11H2,1-2H3,(H,16,17). The Morgan fingerprint density at radius 2 is 2.28 bits per heavy atom.